The number of H-pyrrole nitrogens is 1. The summed E-state index contributed by atoms with van der Waals surface area (Å²) in [5.74, 6) is 0.263. The van der Waals surface area contributed by atoms with Crippen molar-refractivity contribution in [3.63, 3.8) is 0 Å². The predicted molar refractivity (Wildman–Crippen MR) is 90.7 cm³/mol. The number of hydrogen-bond donors (Lipinski definition) is 2. The zero-order valence-corrected chi connectivity index (χ0v) is 13.9. The highest BCUT2D eigenvalue weighted by molar-refractivity contribution is 7.09. The molecule has 22 heavy (non-hydrogen) atoms. The molecule has 0 bridgehead atoms. The molecule has 1 amide bonds. The van der Waals surface area contributed by atoms with Crippen LogP contribution in [0.5, 0.6) is 0 Å². The van der Waals surface area contributed by atoms with Crippen molar-refractivity contribution in [2.75, 3.05) is 0 Å². The van der Waals surface area contributed by atoms with Crippen molar-refractivity contribution in [2.24, 2.45) is 0 Å². The number of halogens is 1. The molecule has 0 saturated heterocycles. The van der Waals surface area contributed by atoms with Crippen LogP contribution in [0.1, 0.15) is 41.0 Å². The van der Waals surface area contributed by atoms with Crippen LogP contribution in [0.2, 0.25) is 5.02 Å². The van der Waals surface area contributed by atoms with Crippen LogP contribution in [-0.4, -0.2) is 15.9 Å². The molecule has 0 aliphatic heterocycles. The SMILES string of the molecule is CC(C)c1nc(CNC(=O)c2cc3cc(Cl)ccc3[nH]2)cs1. The van der Waals surface area contributed by atoms with Crippen molar-refractivity contribution in [1.29, 1.82) is 0 Å². The Hall–Kier alpha value is -1.85. The normalized spacial score (nSPS) is 11.3. The van der Waals surface area contributed by atoms with Crippen LogP contribution < -0.4 is 5.32 Å². The van der Waals surface area contributed by atoms with E-state index in [4.69, 9.17) is 11.6 Å². The van der Waals surface area contributed by atoms with Crippen LogP contribution in [0, 0.1) is 0 Å². The molecule has 0 fully saturated rings. The van der Waals surface area contributed by atoms with E-state index in [1.807, 2.05) is 17.5 Å². The molecule has 0 aliphatic rings. The van der Waals surface area contributed by atoms with Crippen molar-refractivity contribution in [3.05, 3.63) is 51.1 Å². The van der Waals surface area contributed by atoms with Gasteiger partial charge in [0.15, 0.2) is 0 Å². The lowest BCUT2D eigenvalue weighted by atomic mass is 10.2. The predicted octanol–water partition coefficient (Wildman–Crippen LogP) is 4.33. The Morgan fingerprint density at radius 1 is 1.41 bits per heavy atom. The van der Waals surface area contributed by atoms with Crippen molar-refractivity contribution >= 4 is 39.7 Å². The van der Waals surface area contributed by atoms with Crippen molar-refractivity contribution in [2.45, 2.75) is 26.3 Å². The van der Waals surface area contributed by atoms with Crippen molar-refractivity contribution < 1.29 is 4.79 Å². The summed E-state index contributed by atoms with van der Waals surface area (Å²) in [6, 6.07) is 7.30. The Kier molecular flexibility index (Phi) is 4.18. The number of nitrogens with zero attached hydrogens (tertiary/aromatic N) is 1. The standard InChI is InChI=1S/C16H16ClN3OS/c1-9(2)16-19-12(8-22-16)7-18-15(21)14-6-10-5-11(17)3-4-13(10)20-14/h3-6,8-9,20H,7H2,1-2H3,(H,18,21). The molecule has 0 unspecified atom stereocenters. The van der Waals surface area contributed by atoms with Crippen LogP contribution in [0.4, 0.5) is 0 Å². The van der Waals surface area contributed by atoms with Gasteiger partial charge in [-0.1, -0.05) is 25.4 Å². The van der Waals surface area contributed by atoms with Crippen LogP contribution >= 0.6 is 22.9 Å². The van der Waals surface area contributed by atoms with Gasteiger partial charge in [0.2, 0.25) is 0 Å². The molecular weight excluding hydrogens is 318 g/mol. The molecule has 114 valence electrons. The van der Waals surface area contributed by atoms with E-state index in [1.165, 1.54) is 0 Å². The highest BCUT2D eigenvalue weighted by Gasteiger charge is 2.11. The van der Waals surface area contributed by atoms with E-state index in [9.17, 15) is 4.79 Å². The lowest BCUT2D eigenvalue weighted by molar-refractivity contribution is 0.0946. The molecule has 4 nitrogen and oxygen atoms in total. The maximum atomic E-state index is 12.2. The molecule has 2 N–H and O–H groups in total. The number of benzene rings is 1. The van der Waals surface area contributed by atoms with E-state index in [1.54, 1.807) is 23.5 Å². The average molecular weight is 334 g/mol. The number of carbonyl (C=O) groups excluding carboxylic acids is 1. The minimum atomic E-state index is -0.147. The van der Waals surface area contributed by atoms with Crippen LogP contribution in [0.15, 0.2) is 29.6 Å². The summed E-state index contributed by atoms with van der Waals surface area (Å²) in [6.07, 6.45) is 0. The van der Waals surface area contributed by atoms with E-state index in [0.717, 1.165) is 21.6 Å². The van der Waals surface area contributed by atoms with Crippen LogP contribution in [0.25, 0.3) is 10.9 Å². The quantitative estimate of drug-likeness (QED) is 0.746. The third-order valence-electron chi connectivity index (χ3n) is 3.32. The average Bonchev–Trinajstić information content (AvgIpc) is 3.10. The van der Waals surface area contributed by atoms with Gasteiger partial charge in [0.1, 0.15) is 5.69 Å². The molecule has 3 rings (SSSR count). The Morgan fingerprint density at radius 2 is 2.23 bits per heavy atom. The maximum absolute atomic E-state index is 12.2. The molecular formula is C16H16ClN3OS. The Morgan fingerprint density at radius 3 is 2.95 bits per heavy atom. The van der Waals surface area contributed by atoms with Crippen molar-refractivity contribution in [3.8, 4) is 0 Å². The van der Waals surface area contributed by atoms with Gasteiger partial charge in [0.05, 0.1) is 17.2 Å². The lowest BCUT2D eigenvalue weighted by Crippen LogP contribution is -2.23. The van der Waals surface area contributed by atoms with E-state index < -0.39 is 0 Å². The maximum Gasteiger partial charge on any atom is 0.268 e. The van der Waals surface area contributed by atoms with E-state index in [-0.39, 0.29) is 5.91 Å². The van der Waals surface area contributed by atoms with Gasteiger partial charge < -0.3 is 10.3 Å². The van der Waals surface area contributed by atoms with Gasteiger partial charge in [-0.2, -0.15) is 0 Å². The first-order valence-electron chi connectivity index (χ1n) is 7.03. The zero-order valence-electron chi connectivity index (χ0n) is 12.3. The lowest BCUT2D eigenvalue weighted by Gasteiger charge is -2.01. The molecule has 0 aliphatic carbocycles. The summed E-state index contributed by atoms with van der Waals surface area (Å²) in [5.41, 5.74) is 2.31. The Bertz CT molecular complexity index is 822. The number of carbonyl (C=O) groups is 1. The third kappa shape index (κ3) is 3.15. The monoisotopic (exact) mass is 333 g/mol. The van der Waals surface area contributed by atoms with E-state index in [2.05, 4.69) is 29.1 Å². The molecule has 0 spiro atoms. The first-order valence-corrected chi connectivity index (χ1v) is 8.29. The summed E-state index contributed by atoms with van der Waals surface area (Å²) in [7, 11) is 0. The van der Waals surface area contributed by atoms with Gasteiger partial charge >= 0.3 is 0 Å². The van der Waals surface area contributed by atoms with E-state index in [0.29, 0.717) is 23.2 Å². The van der Waals surface area contributed by atoms with Crippen LogP contribution in [-0.2, 0) is 6.54 Å². The molecule has 1 aromatic carbocycles. The summed E-state index contributed by atoms with van der Waals surface area (Å²) < 4.78 is 0. The number of rotatable bonds is 4. The molecule has 0 atom stereocenters. The zero-order chi connectivity index (χ0) is 15.7. The summed E-state index contributed by atoms with van der Waals surface area (Å²) in [6.45, 7) is 4.64. The van der Waals surface area contributed by atoms with Gasteiger partial charge in [-0.25, -0.2) is 4.98 Å². The third-order valence-corrected chi connectivity index (χ3v) is 4.75. The minimum Gasteiger partial charge on any atom is -0.351 e. The summed E-state index contributed by atoms with van der Waals surface area (Å²) >= 11 is 7.58. The molecule has 0 radical (unpaired) electrons. The number of thiazole rings is 1. The fraction of sp³-hybridized carbons (Fsp3) is 0.250. The number of aromatic amines is 1. The van der Waals surface area contributed by atoms with Gasteiger partial charge in [0, 0.05) is 27.2 Å². The first-order chi connectivity index (χ1) is 10.5. The molecule has 0 saturated carbocycles. The number of nitrogens with one attached hydrogen (secondary N) is 2. The molecule has 2 heterocycles. The van der Waals surface area contributed by atoms with Gasteiger partial charge in [-0.05, 0) is 24.3 Å². The van der Waals surface area contributed by atoms with Gasteiger partial charge in [0.25, 0.3) is 5.91 Å². The summed E-state index contributed by atoms with van der Waals surface area (Å²) in [5, 5.41) is 7.54. The minimum absolute atomic E-state index is 0.147. The molecule has 6 heteroatoms. The second-order valence-electron chi connectivity index (χ2n) is 5.43. The first kappa shape index (κ1) is 15.1. The highest BCUT2D eigenvalue weighted by atomic mass is 35.5. The number of fused-ring (bicyclic) bond motifs is 1. The Labute approximate surface area is 137 Å². The molecule has 3 aromatic rings. The number of amides is 1. The van der Waals surface area contributed by atoms with E-state index >= 15 is 0 Å². The van der Waals surface area contributed by atoms with Crippen LogP contribution in [0.3, 0.4) is 0 Å². The Balaban J connectivity index is 1.70. The highest BCUT2D eigenvalue weighted by Crippen LogP contribution is 2.21. The van der Waals surface area contributed by atoms with Gasteiger partial charge in [-0.3, -0.25) is 4.79 Å². The fourth-order valence-electron chi connectivity index (χ4n) is 2.16. The van der Waals surface area contributed by atoms with Gasteiger partial charge in [-0.15, -0.1) is 11.3 Å². The number of hydrogen-bond acceptors (Lipinski definition) is 3. The molecule has 2 aromatic heterocycles. The number of aromatic nitrogens is 2. The fourth-order valence-corrected chi connectivity index (χ4v) is 3.18. The largest absolute Gasteiger partial charge is 0.351 e. The second-order valence-corrected chi connectivity index (χ2v) is 6.76. The smallest absolute Gasteiger partial charge is 0.268 e. The van der Waals surface area contributed by atoms with Crippen molar-refractivity contribution in [1.82, 2.24) is 15.3 Å². The second kappa shape index (κ2) is 6.10. The summed E-state index contributed by atoms with van der Waals surface area (Å²) in [4.78, 5) is 19.8. The topological polar surface area (TPSA) is 57.8 Å².